The van der Waals surface area contributed by atoms with Gasteiger partial charge in [0.05, 0.1) is 22.6 Å². The summed E-state index contributed by atoms with van der Waals surface area (Å²) >= 11 is 0. The van der Waals surface area contributed by atoms with Gasteiger partial charge in [0.2, 0.25) is 10.0 Å². The molecule has 0 bridgehead atoms. The Labute approximate surface area is 161 Å². The molecule has 148 valence electrons. The van der Waals surface area contributed by atoms with Crippen molar-refractivity contribution in [2.75, 3.05) is 24.9 Å². The average Bonchev–Trinajstić information content (AvgIpc) is 2.62. The highest BCUT2D eigenvalue weighted by Crippen LogP contribution is 2.28. The van der Waals surface area contributed by atoms with Crippen LogP contribution in [0, 0.1) is 6.92 Å². The number of nitrogens with one attached hydrogen (secondary N) is 1. The van der Waals surface area contributed by atoms with E-state index < -0.39 is 20.0 Å². The Morgan fingerprint density at radius 1 is 0.926 bits per heavy atom. The Hall–Kier alpha value is -2.10. The van der Waals surface area contributed by atoms with Gasteiger partial charge in [0.15, 0.2) is 0 Å². The summed E-state index contributed by atoms with van der Waals surface area (Å²) in [5, 5.41) is 0. The molecule has 2 rings (SSSR count). The Balaban J connectivity index is 2.35. The van der Waals surface area contributed by atoms with Gasteiger partial charge in [-0.15, -0.1) is 0 Å². The zero-order chi connectivity index (χ0) is 20.2. The van der Waals surface area contributed by atoms with Crippen LogP contribution in [0.5, 0.6) is 5.75 Å². The lowest BCUT2D eigenvalue weighted by Gasteiger charge is -2.18. The SMILES string of the molecule is CCN(CC)S(=O)(=O)c1ccc(S(=O)(=O)Nc2cc(C)ccc2OC)cc1. The second-order valence-corrected chi connectivity index (χ2v) is 9.49. The fourth-order valence-corrected chi connectivity index (χ4v) is 5.13. The standard InChI is InChI=1S/C18H24N2O5S2/c1-5-20(6-2)27(23,24)16-10-8-15(9-11-16)26(21,22)19-17-13-14(3)7-12-18(17)25-4/h7-13,19H,5-6H2,1-4H3. The van der Waals surface area contributed by atoms with Crippen LogP contribution in [-0.2, 0) is 20.0 Å². The lowest BCUT2D eigenvalue weighted by atomic mass is 10.2. The van der Waals surface area contributed by atoms with Crippen LogP contribution in [0.15, 0.2) is 52.3 Å². The van der Waals surface area contributed by atoms with Crippen molar-refractivity contribution >= 4 is 25.7 Å². The number of methoxy groups -OCH3 is 1. The molecule has 1 N–H and O–H groups in total. The van der Waals surface area contributed by atoms with Crippen LogP contribution in [0.2, 0.25) is 0 Å². The summed E-state index contributed by atoms with van der Waals surface area (Å²) < 4.78 is 59.3. The van der Waals surface area contributed by atoms with E-state index in [1.165, 1.54) is 35.7 Å². The van der Waals surface area contributed by atoms with E-state index in [4.69, 9.17) is 4.74 Å². The van der Waals surface area contributed by atoms with Crippen LogP contribution >= 0.6 is 0 Å². The van der Waals surface area contributed by atoms with Gasteiger partial charge in [-0.05, 0) is 48.9 Å². The summed E-state index contributed by atoms with van der Waals surface area (Å²) in [6.07, 6.45) is 0. The number of nitrogens with zero attached hydrogens (tertiary/aromatic N) is 1. The molecule has 2 aromatic rings. The van der Waals surface area contributed by atoms with Gasteiger partial charge >= 0.3 is 0 Å². The highest BCUT2D eigenvalue weighted by Gasteiger charge is 2.23. The molecule has 0 aliphatic heterocycles. The van der Waals surface area contributed by atoms with Crippen molar-refractivity contribution in [2.45, 2.75) is 30.6 Å². The summed E-state index contributed by atoms with van der Waals surface area (Å²) in [4.78, 5) is 0.0165. The van der Waals surface area contributed by atoms with E-state index in [0.717, 1.165) is 5.56 Å². The monoisotopic (exact) mass is 412 g/mol. The third-order valence-electron chi connectivity index (χ3n) is 4.08. The number of hydrogen-bond acceptors (Lipinski definition) is 5. The second kappa shape index (κ2) is 8.28. The van der Waals surface area contributed by atoms with Crippen LogP contribution < -0.4 is 9.46 Å². The number of anilines is 1. The molecule has 0 radical (unpaired) electrons. The Bertz CT molecular complexity index is 997. The fraction of sp³-hybridized carbons (Fsp3) is 0.333. The molecule has 7 nitrogen and oxygen atoms in total. The molecule has 0 aliphatic carbocycles. The maximum Gasteiger partial charge on any atom is 0.262 e. The quantitative estimate of drug-likeness (QED) is 0.720. The van der Waals surface area contributed by atoms with Crippen molar-refractivity contribution in [3.05, 3.63) is 48.0 Å². The molecule has 0 saturated heterocycles. The molecular weight excluding hydrogens is 388 g/mol. The molecule has 0 atom stereocenters. The maximum atomic E-state index is 12.7. The molecule has 0 amide bonds. The van der Waals surface area contributed by atoms with Crippen LogP contribution in [-0.4, -0.2) is 41.3 Å². The Morgan fingerprint density at radius 3 is 2.00 bits per heavy atom. The van der Waals surface area contributed by atoms with Crippen molar-refractivity contribution < 1.29 is 21.6 Å². The fourth-order valence-electron chi connectivity index (χ4n) is 2.61. The zero-order valence-electron chi connectivity index (χ0n) is 15.8. The van der Waals surface area contributed by atoms with Crippen molar-refractivity contribution in [2.24, 2.45) is 0 Å². The van der Waals surface area contributed by atoms with Crippen LogP contribution in [0.3, 0.4) is 0 Å². The summed E-state index contributed by atoms with van der Waals surface area (Å²) in [7, 11) is -6.08. The summed E-state index contributed by atoms with van der Waals surface area (Å²) in [6.45, 7) is 6.02. The first kappa shape index (κ1) is 21.2. The highest BCUT2D eigenvalue weighted by molar-refractivity contribution is 7.92. The number of benzene rings is 2. The number of aryl methyl sites for hydroxylation is 1. The summed E-state index contributed by atoms with van der Waals surface area (Å²) in [5.41, 5.74) is 1.19. The highest BCUT2D eigenvalue weighted by atomic mass is 32.2. The number of sulfonamides is 2. The minimum Gasteiger partial charge on any atom is -0.495 e. The molecule has 0 aromatic heterocycles. The normalized spacial score (nSPS) is 12.2. The zero-order valence-corrected chi connectivity index (χ0v) is 17.4. The van der Waals surface area contributed by atoms with Crippen molar-refractivity contribution in [1.29, 1.82) is 0 Å². The van der Waals surface area contributed by atoms with E-state index in [-0.39, 0.29) is 9.79 Å². The molecule has 0 fully saturated rings. The third-order valence-corrected chi connectivity index (χ3v) is 7.52. The van der Waals surface area contributed by atoms with Gasteiger partial charge in [-0.2, -0.15) is 4.31 Å². The number of ether oxygens (including phenoxy) is 1. The molecule has 2 aromatic carbocycles. The van der Waals surface area contributed by atoms with Crippen LogP contribution in [0.25, 0.3) is 0 Å². The Kier molecular flexibility index (Phi) is 6.50. The smallest absolute Gasteiger partial charge is 0.262 e. The predicted molar refractivity (Wildman–Crippen MR) is 105 cm³/mol. The molecular formula is C18H24N2O5S2. The molecule has 0 saturated carbocycles. The van der Waals surface area contributed by atoms with Gasteiger partial charge in [-0.3, -0.25) is 4.72 Å². The van der Waals surface area contributed by atoms with Gasteiger partial charge in [0.25, 0.3) is 10.0 Å². The van der Waals surface area contributed by atoms with E-state index in [1.54, 1.807) is 26.0 Å². The first-order valence-corrected chi connectivity index (χ1v) is 11.4. The van der Waals surface area contributed by atoms with Gasteiger partial charge < -0.3 is 4.74 Å². The molecule has 0 unspecified atom stereocenters. The summed E-state index contributed by atoms with van der Waals surface area (Å²) in [6, 6.07) is 10.3. The van der Waals surface area contributed by atoms with E-state index >= 15 is 0 Å². The van der Waals surface area contributed by atoms with Crippen molar-refractivity contribution in [3.8, 4) is 5.75 Å². The molecule has 0 aliphatic rings. The first-order chi connectivity index (χ1) is 12.7. The van der Waals surface area contributed by atoms with Gasteiger partial charge in [-0.25, -0.2) is 16.8 Å². The van der Waals surface area contributed by atoms with Gasteiger partial charge in [0.1, 0.15) is 5.75 Å². The molecule has 9 heteroatoms. The molecule has 27 heavy (non-hydrogen) atoms. The van der Waals surface area contributed by atoms with Gasteiger partial charge in [-0.1, -0.05) is 19.9 Å². The first-order valence-electron chi connectivity index (χ1n) is 8.43. The number of hydrogen-bond donors (Lipinski definition) is 1. The van der Waals surface area contributed by atoms with Crippen LogP contribution in [0.4, 0.5) is 5.69 Å². The predicted octanol–water partition coefficient (Wildman–Crippen LogP) is 2.83. The van der Waals surface area contributed by atoms with E-state index in [0.29, 0.717) is 24.5 Å². The largest absolute Gasteiger partial charge is 0.495 e. The van der Waals surface area contributed by atoms with E-state index in [9.17, 15) is 16.8 Å². The topological polar surface area (TPSA) is 92.8 Å². The average molecular weight is 413 g/mol. The third kappa shape index (κ3) is 4.60. The number of rotatable bonds is 8. The van der Waals surface area contributed by atoms with Gasteiger partial charge in [0, 0.05) is 13.1 Å². The van der Waals surface area contributed by atoms with E-state index in [1.807, 2.05) is 13.0 Å². The maximum absolute atomic E-state index is 12.7. The lowest BCUT2D eigenvalue weighted by molar-refractivity contribution is 0.417. The van der Waals surface area contributed by atoms with Crippen molar-refractivity contribution in [3.63, 3.8) is 0 Å². The molecule has 0 spiro atoms. The minimum absolute atomic E-state index is 0.0374. The van der Waals surface area contributed by atoms with Crippen LogP contribution in [0.1, 0.15) is 19.4 Å². The minimum atomic E-state index is -3.89. The lowest BCUT2D eigenvalue weighted by Crippen LogP contribution is -2.30. The summed E-state index contributed by atoms with van der Waals surface area (Å²) in [5.74, 6) is 0.393. The van der Waals surface area contributed by atoms with Crippen molar-refractivity contribution in [1.82, 2.24) is 4.31 Å². The molecule has 0 heterocycles. The van der Waals surface area contributed by atoms with E-state index in [2.05, 4.69) is 4.72 Å². The second-order valence-electron chi connectivity index (χ2n) is 5.87. The Morgan fingerprint density at radius 2 is 1.48 bits per heavy atom.